The zero-order valence-corrected chi connectivity index (χ0v) is 16.1. The summed E-state index contributed by atoms with van der Waals surface area (Å²) in [6.07, 6.45) is 1.43. The summed E-state index contributed by atoms with van der Waals surface area (Å²) in [5.74, 6) is 2.09. The first-order valence-corrected chi connectivity index (χ1v) is 10.2. The van der Waals surface area contributed by atoms with Gasteiger partial charge in [-0.15, -0.1) is 11.8 Å². The van der Waals surface area contributed by atoms with E-state index in [4.69, 9.17) is 4.74 Å². The summed E-state index contributed by atoms with van der Waals surface area (Å²) in [7, 11) is 0. The fourth-order valence-electron chi connectivity index (χ4n) is 3.05. The molecule has 1 heterocycles. The lowest BCUT2D eigenvalue weighted by Crippen LogP contribution is -2.31. The van der Waals surface area contributed by atoms with Gasteiger partial charge in [0.25, 0.3) is 0 Å². The molecule has 5 heteroatoms. The number of nitrogens with one attached hydrogen (secondary N) is 1. The molecule has 0 atom stereocenters. The lowest BCUT2D eigenvalue weighted by Gasteiger charge is -2.30. The minimum Gasteiger partial charge on any atom is -0.494 e. The molecule has 1 aliphatic rings. The highest BCUT2D eigenvalue weighted by molar-refractivity contribution is 7.99. The van der Waals surface area contributed by atoms with Crippen molar-refractivity contribution in [1.82, 2.24) is 5.32 Å². The minimum absolute atomic E-state index is 0.110. The highest BCUT2D eigenvalue weighted by atomic mass is 32.2. The normalized spacial score (nSPS) is 13.2. The molecule has 2 aromatic rings. The van der Waals surface area contributed by atoms with Gasteiger partial charge in [0, 0.05) is 36.7 Å². The van der Waals surface area contributed by atoms with Gasteiger partial charge < -0.3 is 15.0 Å². The lowest BCUT2D eigenvalue weighted by atomic mass is 10.2. The number of hydrogen-bond donors (Lipinski definition) is 1. The third-order valence-electron chi connectivity index (χ3n) is 4.38. The fraction of sp³-hybridized carbons (Fsp3) is 0.381. The third kappa shape index (κ3) is 5.18. The number of ether oxygens (including phenoxy) is 1. The SMILES string of the molecule is CCOc1ccc(CNC(=O)CCCN2CCSc3ccccc32)cc1. The van der Waals surface area contributed by atoms with Crippen LogP contribution >= 0.6 is 11.8 Å². The molecular weight excluding hydrogens is 344 g/mol. The molecule has 0 saturated heterocycles. The Morgan fingerprint density at radius 1 is 1.19 bits per heavy atom. The first kappa shape index (κ1) is 18.6. The number of benzene rings is 2. The highest BCUT2D eigenvalue weighted by Crippen LogP contribution is 2.34. The van der Waals surface area contributed by atoms with Crippen LogP contribution in [0.15, 0.2) is 53.4 Å². The van der Waals surface area contributed by atoms with E-state index >= 15 is 0 Å². The molecule has 2 aromatic carbocycles. The third-order valence-corrected chi connectivity index (χ3v) is 5.42. The lowest BCUT2D eigenvalue weighted by molar-refractivity contribution is -0.121. The molecule has 3 rings (SSSR count). The summed E-state index contributed by atoms with van der Waals surface area (Å²) < 4.78 is 5.43. The van der Waals surface area contributed by atoms with Crippen molar-refractivity contribution in [1.29, 1.82) is 0 Å². The van der Waals surface area contributed by atoms with Crippen LogP contribution in [-0.4, -0.2) is 31.4 Å². The molecule has 0 radical (unpaired) electrons. The molecule has 26 heavy (non-hydrogen) atoms. The van der Waals surface area contributed by atoms with E-state index in [0.29, 0.717) is 19.6 Å². The molecule has 1 amide bonds. The van der Waals surface area contributed by atoms with Crippen LogP contribution in [0.4, 0.5) is 5.69 Å². The smallest absolute Gasteiger partial charge is 0.220 e. The molecule has 0 saturated carbocycles. The number of thioether (sulfide) groups is 1. The van der Waals surface area contributed by atoms with E-state index < -0.39 is 0 Å². The van der Waals surface area contributed by atoms with Crippen LogP contribution in [0, 0.1) is 0 Å². The van der Waals surface area contributed by atoms with Gasteiger partial charge in [-0.25, -0.2) is 0 Å². The van der Waals surface area contributed by atoms with Gasteiger partial charge in [-0.1, -0.05) is 24.3 Å². The summed E-state index contributed by atoms with van der Waals surface area (Å²) in [5, 5.41) is 3.00. The number of amides is 1. The summed E-state index contributed by atoms with van der Waals surface area (Å²) in [6, 6.07) is 16.4. The second kappa shape index (κ2) is 9.53. The number of rotatable bonds is 8. The number of fused-ring (bicyclic) bond motifs is 1. The maximum Gasteiger partial charge on any atom is 0.220 e. The first-order valence-electron chi connectivity index (χ1n) is 9.21. The Morgan fingerprint density at radius 3 is 2.81 bits per heavy atom. The zero-order valence-electron chi connectivity index (χ0n) is 15.2. The predicted molar refractivity (Wildman–Crippen MR) is 108 cm³/mol. The van der Waals surface area contributed by atoms with Crippen LogP contribution in [-0.2, 0) is 11.3 Å². The van der Waals surface area contributed by atoms with Crippen LogP contribution in [0.2, 0.25) is 0 Å². The predicted octanol–water partition coefficient (Wildman–Crippen LogP) is 4.09. The van der Waals surface area contributed by atoms with E-state index in [1.54, 1.807) is 0 Å². The van der Waals surface area contributed by atoms with Gasteiger partial charge in [-0.2, -0.15) is 0 Å². The molecular formula is C21H26N2O2S. The van der Waals surface area contributed by atoms with Gasteiger partial charge >= 0.3 is 0 Å². The van der Waals surface area contributed by atoms with E-state index in [2.05, 4.69) is 34.5 Å². The number of nitrogens with zero attached hydrogens (tertiary/aromatic N) is 1. The quantitative estimate of drug-likeness (QED) is 0.760. The van der Waals surface area contributed by atoms with E-state index in [9.17, 15) is 4.79 Å². The second-order valence-corrected chi connectivity index (χ2v) is 7.40. The molecule has 4 nitrogen and oxygen atoms in total. The molecule has 0 spiro atoms. The molecule has 1 N–H and O–H groups in total. The van der Waals surface area contributed by atoms with Crippen molar-refractivity contribution in [2.75, 3.05) is 30.3 Å². The maximum atomic E-state index is 12.1. The topological polar surface area (TPSA) is 41.6 Å². The second-order valence-electron chi connectivity index (χ2n) is 6.26. The van der Waals surface area contributed by atoms with Crippen molar-refractivity contribution in [2.24, 2.45) is 0 Å². The van der Waals surface area contributed by atoms with Crippen LogP contribution in [0.5, 0.6) is 5.75 Å². The highest BCUT2D eigenvalue weighted by Gasteiger charge is 2.16. The molecule has 0 fully saturated rings. The van der Waals surface area contributed by atoms with Gasteiger partial charge in [0.05, 0.1) is 12.3 Å². The Balaban J connectivity index is 1.39. The Kier molecular flexibility index (Phi) is 6.83. The average molecular weight is 371 g/mol. The minimum atomic E-state index is 0.110. The number of anilines is 1. The van der Waals surface area contributed by atoms with E-state index in [0.717, 1.165) is 36.6 Å². The fourth-order valence-corrected chi connectivity index (χ4v) is 4.10. The van der Waals surface area contributed by atoms with E-state index in [1.165, 1.54) is 10.6 Å². The maximum absolute atomic E-state index is 12.1. The van der Waals surface area contributed by atoms with Crippen LogP contribution in [0.25, 0.3) is 0 Å². The Hall–Kier alpha value is -2.14. The number of hydrogen-bond acceptors (Lipinski definition) is 4. The standard InChI is InChI=1S/C21H26N2O2S/c1-2-25-18-11-9-17(10-12-18)16-22-21(24)8-5-13-23-14-15-26-20-7-4-3-6-19(20)23/h3-4,6-7,9-12H,2,5,8,13-16H2,1H3,(H,22,24). The zero-order chi connectivity index (χ0) is 18.2. The summed E-state index contributed by atoms with van der Waals surface area (Å²) in [5.41, 5.74) is 2.39. The van der Waals surface area contributed by atoms with Crippen molar-refractivity contribution in [3.05, 3.63) is 54.1 Å². The summed E-state index contributed by atoms with van der Waals surface area (Å²) in [6.45, 7) is 5.17. The van der Waals surface area contributed by atoms with Gasteiger partial charge in [0.1, 0.15) is 5.75 Å². The molecule has 0 unspecified atom stereocenters. The van der Waals surface area contributed by atoms with Gasteiger partial charge in [-0.05, 0) is 43.2 Å². The van der Waals surface area contributed by atoms with Gasteiger partial charge in [-0.3, -0.25) is 4.79 Å². The molecule has 1 aliphatic heterocycles. The van der Waals surface area contributed by atoms with Crippen molar-refractivity contribution >= 4 is 23.4 Å². The Labute approximate surface area is 159 Å². The summed E-state index contributed by atoms with van der Waals surface area (Å²) in [4.78, 5) is 15.9. The van der Waals surface area contributed by atoms with Crippen LogP contribution in [0.3, 0.4) is 0 Å². The van der Waals surface area contributed by atoms with Crippen LogP contribution < -0.4 is 15.0 Å². The molecule has 138 valence electrons. The monoisotopic (exact) mass is 370 g/mol. The van der Waals surface area contributed by atoms with Crippen LogP contribution in [0.1, 0.15) is 25.3 Å². The van der Waals surface area contributed by atoms with Gasteiger partial charge in [0.15, 0.2) is 0 Å². The van der Waals surface area contributed by atoms with E-state index in [-0.39, 0.29) is 5.91 Å². The molecule has 0 aliphatic carbocycles. The van der Waals surface area contributed by atoms with Gasteiger partial charge in [0.2, 0.25) is 5.91 Å². The summed E-state index contributed by atoms with van der Waals surface area (Å²) >= 11 is 1.91. The van der Waals surface area contributed by atoms with Crippen molar-refractivity contribution < 1.29 is 9.53 Å². The van der Waals surface area contributed by atoms with E-state index in [1.807, 2.05) is 43.0 Å². The van der Waals surface area contributed by atoms with Crippen molar-refractivity contribution in [3.63, 3.8) is 0 Å². The van der Waals surface area contributed by atoms with Crippen molar-refractivity contribution in [3.8, 4) is 5.75 Å². The Morgan fingerprint density at radius 2 is 2.00 bits per heavy atom. The molecule has 0 aromatic heterocycles. The largest absolute Gasteiger partial charge is 0.494 e. The molecule has 0 bridgehead atoms. The number of para-hydroxylation sites is 1. The Bertz CT molecular complexity index is 718. The number of carbonyl (C=O) groups excluding carboxylic acids is 1. The van der Waals surface area contributed by atoms with Crippen molar-refractivity contribution in [2.45, 2.75) is 31.2 Å². The average Bonchev–Trinajstić information content (AvgIpc) is 2.68. The number of carbonyl (C=O) groups is 1. The first-order chi connectivity index (χ1) is 12.8.